The van der Waals surface area contributed by atoms with E-state index in [1.165, 1.54) is 11.8 Å². The maximum atomic E-state index is 12.7. The van der Waals surface area contributed by atoms with Crippen molar-refractivity contribution in [2.75, 3.05) is 13.1 Å². The Hall–Kier alpha value is -1.65. The predicted octanol–water partition coefficient (Wildman–Crippen LogP) is -0.846. The number of likely N-dealkylation sites (tertiary alicyclic amines) is 1. The normalized spacial score (nSPS) is 18.7. The lowest BCUT2D eigenvalue weighted by Crippen LogP contribution is -2.56. The lowest BCUT2D eigenvalue weighted by Gasteiger charge is -2.27. The maximum Gasteiger partial charge on any atom is 0.475 e. The van der Waals surface area contributed by atoms with Gasteiger partial charge in [0.15, 0.2) is 0 Å². The van der Waals surface area contributed by atoms with E-state index in [9.17, 15) is 24.4 Å². The van der Waals surface area contributed by atoms with Crippen LogP contribution in [0.5, 0.6) is 0 Å². The summed E-state index contributed by atoms with van der Waals surface area (Å²) >= 11 is 0. The molecule has 0 radical (unpaired) electrons. The second kappa shape index (κ2) is 12.0. The predicted molar refractivity (Wildman–Crippen MR) is 107 cm³/mol. The van der Waals surface area contributed by atoms with Gasteiger partial charge in [-0.25, -0.2) is 0 Å². The van der Waals surface area contributed by atoms with Crippen molar-refractivity contribution in [2.45, 2.75) is 77.3 Å². The second-order valence-electron chi connectivity index (χ2n) is 7.87. The molecule has 0 aromatic heterocycles. The first-order valence-electron chi connectivity index (χ1n) is 10.1. The van der Waals surface area contributed by atoms with Crippen LogP contribution >= 0.6 is 0 Å². The van der Waals surface area contributed by atoms with Crippen LogP contribution in [0.4, 0.5) is 0 Å². The second-order valence-corrected chi connectivity index (χ2v) is 7.87. The molecule has 0 aromatic carbocycles. The van der Waals surface area contributed by atoms with E-state index >= 15 is 0 Å². The number of amides is 3. The molecule has 0 bridgehead atoms. The molecule has 6 N–H and O–H groups in total. The number of nitrogens with two attached hydrogens (primary N) is 1. The van der Waals surface area contributed by atoms with Gasteiger partial charge in [-0.15, -0.1) is 0 Å². The zero-order valence-corrected chi connectivity index (χ0v) is 17.2. The van der Waals surface area contributed by atoms with E-state index in [0.29, 0.717) is 45.2 Å². The number of rotatable bonds is 11. The molecule has 0 aromatic rings. The minimum absolute atomic E-state index is 0.153. The van der Waals surface area contributed by atoms with Crippen molar-refractivity contribution in [3.8, 4) is 0 Å². The molecule has 160 valence electrons. The number of hydrogen-bond donors (Lipinski definition) is 5. The zero-order chi connectivity index (χ0) is 21.3. The largest absolute Gasteiger partial charge is 0.475 e. The van der Waals surface area contributed by atoms with E-state index < -0.39 is 31.1 Å². The average Bonchev–Trinajstić information content (AvgIpc) is 3.10. The van der Waals surface area contributed by atoms with E-state index in [4.69, 9.17) is 5.73 Å². The Balaban J connectivity index is 2.81. The maximum absolute atomic E-state index is 12.7. The molecule has 1 fully saturated rings. The first-order chi connectivity index (χ1) is 13.2. The Kier molecular flexibility index (Phi) is 10.5. The van der Waals surface area contributed by atoms with Crippen LogP contribution < -0.4 is 16.4 Å². The molecule has 0 aliphatic carbocycles. The number of unbranched alkanes of at least 4 members (excludes halogenated alkanes) is 1. The van der Waals surface area contributed by atoms with Gasteiger partial charge >= 0.3 is 7.12 Å². The molecule has 28 heavy (non-hydrogen) atoms. The molecule has 3 atom stereocenters. The first-order valence-corrected chi connectivity index (χ1v) is 10.1. The smallest absolute Gasteiger partial charge is 0.426 e. The molecular weight excluding hydrogens is 363 g/mol. The highest BCUT2D eigenvalue weighted by Gasteiger charge is 2.35. The van der Waals surface area contributed by atoms with Crippen LogP contribution in [-0.2, 0) is 14.4 Å². The summed E-state index contributed by atoms with van der Waals surface area (Å²) in [5.41, 5.74) is 5.52. The topological polar surface area (TPSA) is 145 Å². The van der Waals surface area contributed by atoms with Crippen LogP contribution in [0, 0.1) is 5.92 Å². The van der Waals surface area contributed by atoms with E-state index in [0.717, 1.165) is 6.42 Å². The van der Waals surface area contributed by atoms with Crippen molar-refractivity contribution in [1.29, 1.82) is 0 Å². The molecule has 1 aliphatic heterocycles. The average molecular weight is 398 g/mol. The van der Waals surface area contributed by atoms with E-state index in [1.807, 2.05) is 13.8 Å². The van der Waals surface area contributed by atoms with Gasteiger partial charge in [0, 0.05) is 13.5 Å². The summed E-state index contributed by atoms with van der Waals surface area (Å²) in [6.07, 6.45) is 3.45. The molecule has 1 heterocycles. The van der Waals surface area contributed by atoms with E-state index in [1.54, 1.807) is 0 Å². The van der Waals surface area contributed by atoms with Crippen LogP contribution in [0.25, 0.3) is 0 Å². The number of carbonyl (C=O) groups is 3. The van der Waals surface area contributed by atoms with Crippen molar-refractivity contribution in [1.82, 2.24) is 15.5 Å². The molecule has 3 amide bonds. The van der Waals surface area contributed by atoms with Gasteiger partial charge in [-0.1, -0.05) is 13.8 Å². The van der Waals surface area contributed by atoms with Gasteiger partial charge in [-0.2, -0.15) is 0 Å². The Labute approximate surface area is 167 Å². The number of carbonyl (C=O) groups excluding carboxylic acids is 3. The first kappa shape index (κ1) is 24.4. The highest BCUT2D eigenvalue weighted by atomic mass is 16.4. The fourth-order valence-corrected chi connectivity index (χ4v) is 3.49. The van der Waals surface area contributed by atoms with Crippen LogP contribution in [0.2, 0.25) is 0 Å². The van der Waals surface area contributed by atoms with Crippen LogP contribution in [0.3, 0.4) is 0 Å². The van der Waals surface area contributed by atoms with Gasteiger partial charge in [0.05, 0.1) is 5.94 Å². The molecular formula is C18H35BN4O5. The molecule has 0 saturated carbocycles. The number of hydrogen-bond acceptors (Lipinski definition) is 6. The Morgan fingerprint density at radius 1 is 1.21 bits per heavy atom. The third-order valence-electron chi connectivity index (χ3n) is 4.95. The third-order valence-corrected chi connectivity index (χ3v) is 4.95. The summed E-state index contributed by atoms with van der Waals surface area (Å²) in [5.74, 6) is -1.65. The summed E-state index contributed by atoms with van der Waals surface area (Å²) in [5, 5.41) is 24.5. The molecule has 9 nitrogen and oxygen atoms in total. The van der Waals surface area contributed by atoms with Gasteiger partial charge in [0.2, 0.25) is 17.7 Å². The lowest BCUT2D eigenvalue weighted by molar-refractivity contribution is -0.138. The van der Waals surface area contributed by atoms with Gasteiger partial charge in [0.1, 0.15) is 12.1 Å². The summed E-state index contributed by atoms with van der Waals surface area (Å²) in [6, 6.07) is -1.39. The van der Waals surface area contributed by atoms with Crippen molar-refractivity contribution >= 4 is 24.8 Å². The minimum Gasteiger partial charge on any atom is -0.426 e. The molecule has 1 rings (SSSR count). The van der Waals surface area contributed by atoms with Crippen molar-refractivity contribution < 1.29 is 24.4 Å². The van der Waals surface area contributed by atoms with Crippen molar-refractivity contribution in [3.05, 3.63) is 0 Å². The number of nitrogens with zero attached hydrogens (tertiary/aromatic N) is 1. The van der Waals surface area contributed by atoms with Crippen LogP contribution in [0.15, 0.2) is 0 Å². The summed E-state index contributed by atoms with van der Waals surface area (Å²) in [7, 11) is -1.69. The Bertz CT molecular complexity index is 532. The summed E-state index contributed by atoms with van der Waals surface area (Å²) in [6.45, 7) is 6.27. The van der Waals surface area contributed by atoms with E-state index in [2.05, 4.69) is 10.6 Å². The molecule has 10 heteroatoms. The Morgan fingerprint density at radius 2 is 1.89 bits per heavy atom. The number of nitrogens with one attached hydrogen (secondary N) is 2. The quantitative estimate of drug-likeness (QED) is 0.227. The van der Waals surface area contributed by atoms with Crippen LogP contribution in [-0.4, -0.2) is 70.9 Å². The summed E-state index contributed by atoms with van der Waals surface area (Å²) in [4.78, 5) is 38.7. The third kappa shape index (κ3) is 7.77. The van der Waals surface area contributed by atoms with Gasteiger partial charge in [-0.05, 0) is 51.0 Å². The zero-order valence-electron chi connectivity index (χ0n) is 17.2. The van der Waals surface area contributed by atoms with Crippen LogP contribution in [0.1, 0.15) is 59.3 Å². The monoisotopic (exact) mass is 398 g/mol. The molecule has 0 spiro atoms. The highest BCUT2D eigenvalue weighted by molar-refractivity contribution is 6.43. The van der Waals surface area contributed by atoms with Gasteiger partial charge < -0.3 is 31.3 Å². The van der Waals surface area contributed by atoms with Gasteiger partial charge in [-0.3, -0.25) is 14.4 Å². The highest BCUT2D eigenvalue weighted by Crippen LogP contribution is 2.18. The van der Waals surface area contributed by atoms with Crippen molar-refractivity contribution in [2.24, 2.45) is 11.7 Å². The standard InChI is InChI=1S/C18H35BN4O5/c1-12(2)11-16(19(27)28)22-17(25)14(7-4-5-9-20)21-18(26)15-8-6-10-23(15)13(3)24/h12,14-16,27-28H,4-11,20H2,1-3H3,(H,21,26)(H,22,25)/t14-,15-,16-/m0/s1. The molecule has 0 unspecified atom stereocenters. The van der Waals surface area contributed by atoms with Gasteiger partial charge in [0.25, 0.3) is 0 Å². The Morgan fingerprint density at radius 3 is 2.43 bits per heavy atom. The molecule has 1 saturated heterocycles. The van der Waals surface area contributed by atoms with E-state index in [-0.39, 0.29) is 17.7 Å². The minimum atomic E-state index is -1.69. The lowest BCUT2D eigenvalue weighted by atomic mass is 9.75. The fourth-order valence-electron chi connectivity index (χ4n) is 3.49. The fraction of sp³-hybridized carbons (Fsp3) is 0.833. The van der Waals surface area contributed by atoms with Crippen molar-refractivity contribution in [3.63, 3.8) is 0 Å². The SMILES string of the molecule is CC(=O)N1CCC[C@H]1C(=O)N[C@@H](CCCCN)C(=O)N[C@@H](CC(C)C)B(O)O. The summed E-state index contributed by atoms with van der Waals surface area (Å²) < 4.78 is 0. The molecule has 1 aliphatic rings.